The van der Waals surface area contributed by atoms with Crippen LogP contribution in [0.5, 0.6) is 0 Å². The Morgan fingerprint density at radius 3 is 1.32 bits per heavy atom. The van der Waals surface area contributed by atoms with Crippen molar-refractivity contribution in [2.24, 2.45) is 0 Å². The summed E-state index contributed by atoms with van der Waals surface area (Å²) < 4.78 is 12.6. The Morgan fingerprint density at radius 1 is 0.260 bits per heavy atom. The van der Waals surface area contributed by atoms with Gasteiger partial charge in [0.25, 0.3) is 0 Å². The van der Waals surface area contributed by atoms with Crippen LogP contribution in [0.2, 0.25) is 0 Å². The van der Waals surface area contributed by atoms with Gasteiger partial charge in [-0.3, -0.25) is 0 Å². The van der Waals surface area contributed by atoms with Gasteiger partial charge in [-0.25, -0.2) is 15.0 Å². The minimum absolute atomic E-state index is 0.570. The Bertz CT molecular complexity index is 2850. The Balaban J connectivity index is 1.05. The van der Waals surface area contributed by atoms with Gasteiger partial charge in [0, 0.05) is 38.2 Å². The minimum atomic E-state index is 0.570. The SMILES string of the molecule is c1ccc(-c2ccc(-c3ccc4oc5cc(-c6nc(-c7ccccc7)nc(-c7ccc8c(c7)oc7ccccc78)n6)ccc5c4c3)cc2)cc1. The van der Waals surface area contributed by atoms with E-state index in [1.54, 1.807) is 0 Å². The Labute approximate surface area is 287 Å². The van der Waals surface area contributed by atoms with Gasteiger partial charge in [-0.05, 0) is 64.7 Å². The standard InChI is InChI=1S/C45H27N3O2/c1-3-9-28(10-4-1)29-15-17-30(18-16-29)32-21-24-40-38(25-32)37-23-20-34(27-42(37)50-40)45-47-43(31-11-5-2-6-12-31)46-44(48-45)33-19-22-36-35-13-7-8-14-39(35)49-41(36)26-33/h1-27H. The summed E-state index contributed by atoms with van der Waals surface area (Å²) in [6.45, 7) is 0. The molecule has 0 aliphatic heterocycles. The first-order chi connectivity index (χ1) is 24.7. The van der Waals surface area contributed by atoms with E-state index in [2.05, 4.69) is 91.0 Å². The van der Waals surface area contributed by atoms with Gasteiger partial charge < -0.3 is 8.83 Å². The molecule has 0 bridgehead atoms. The second-order valence-electron chi connectivity index (χ2n) is 12.4. The molecule has 0 fully saturated rings. The molecule has 0 aliphatic rings. The number of nitrogens with zero attached hydrogens (tertiary/aromatic N) is 3. The molecular formula is C45H27N3O2. The molecule has 0 spiro atoms. The van der Waals surface area contributed by atoms with Crippen LogP contribution in [-0.4, -0.2) is 15.0 Å². The fourth-order valence-electron chi connectivity index (χ4n) is 6.80. The van der Waals surface area contributed by atoms with Crippen molar-refractivity contribution in [2.75, 3.05) is 0 Å². The zero-order chi connectivity index (χ0) is 33.0. The van der Waals surface area contributed by atoms with Crippen molar-refractivity contribution in [3.63, 3.8) is 0 Å². The molecule has 0 atom stereocenters. The first-order valence-corrected chi connectivity index (χ1v) is 16.6. The predicted octanol–water partition coefficient (Wildman–Crippen LogP) is 12.0. The van der Waals surface area contributed by atoms with Gasteiger partial charge in [-0.15, -0.1) is 0 Å². The summed E-state index contributed by atoms with van der Waals surface area (Å²) in [5.41, 5.74) is 10.6. The molecule has 0 unspecified atom stereocenters. The van der Waals surface area contributed by atoms with Crippen molar-refractivity contribution in [2.45, 2.75) is 0 Å². The lowest BCUT2D eigenvalue weighted by atomic mass is 9.99. The molecule has 0 N–H and O–H groups in total. The number of rotatable bonds is 5. The van der Waals surface area contributed by atoms with Crippen molar-refractivity contribution in [1.82, 2.24) is 15.0 Å². The van der Waals surface area contributed by atoms with E-state index in [-0.39, 0.29) is 0 Å². The van der Waals surface area contributed by atoms with Gasteiger partial charge in [-0.1, -0.05) is 121 Å². The first kappa shape index (κ1) is 28.2. The highest BCUT2D eigenvalue weighted by atomic mass is 16.3. The highest BCUT2D eigenvalue weighted by Gasteiger charge is 2.16. The zero-order valence-corrected chi connectivity index (χ0v) is 26.7. The fraction of sp³-hybridized carbons (Fsp3) is 0. The van der Waals surface area contributed by atoms with Crippen LogP contribution in [0.3, 0.4) is 0 Å². The number of para-hydroxylation sites is 1. The average Bonchev–Trinajstić information content (AvgIpc) is 3.75. The maximum atomic E-state index is 6.41. The smallest absolute Gasteiger partial charge is 0.164 e. The molecule has 3 aromatic heterocycles. The molecule has 0 saturated heterocycles. The van der Waals surface area contributed by atoms with E-state index in [9.17, 15) is 0 Å². The van der Waals surface area contributed by atoms with Crippen LogP contribution in [0.15, 0.2) is 173 Å². The molecule has 7 aromatic carbocycles. The Kier molecular flexibility index (Phi) is 6.42. The molecule has 0 saturated carbocycles. The van der Waals surface area contributed by atoms with Crippen LogP contribution in [0.4, 0.5) is 0 Å². The molecule has 0 aliphatic carbocycles. The molecule has 234 valence electrons. The zero-order valence-electron chi connectivity index (χ0n) is 26.7. The maximum Gasteiger partial charge on any atom is 0.164 e. The largest absolute Gasteiger partial charge is 0.456 e. The van der Waals surface area contributed by atoms with Crippen LogP contribution in [0.25, 0.3) is 100 Å². The summed E-state index contributed by atoms with van der Waals surface area (Å²) in [4.78, 5) is 14.9. The van der Waals surface area contributed by atoms with Crippen LogP contribution >= 0.6 is 0 Å². The number of hydrogen-bond donors (Lipinski definition) is 0. The molecule has 0 amide bonds. The summed E-state index contributed by atoms with van der Waals surface area (Å²) in [5.74, 6) is 1.74. The van der Waals surface area contributed by atoms with Crippen molar-refractivity contribution >= 4 is 43.9 Å². The van der Waals surface area contributed by atoms with E-state index in [0.29, 0.717) is 17.5 Å². The Morgan fingerprint density at radius 2 is 0.680 bits per heavy atom. The van der Waals surface area contributed by atoms with Gasteiger partial charge in [0.05, 0.1) is 0 Å². The maximum absolute atomic E-state index is 6.41. The number of aromatic nitrogens is 3. The average molecular weight is 642 g/mol. The quantitative estimate of drug-likeness (QED) is 0.187. The van der Waals surface area contributed by atoms with Crippen LogP contribution in [0.1, 0.15) is 0 Å². The minimum Gasteiger partial charge on any atom is -0.456 e. The molecule has 5 heteroatoms. The summed E-state index contributed by atoms with van der Waals surface area (Å²) in [5, 5.41) is 4.25. The van der Waals surface area contributed by atoms with Gasteiger partial charge >= 0.3 is 0 Å². The van der Waals surface area contributed by atoms with Crippen LogP contribution in [0, 0.1) is 0 Å². The van der Waals surface area contributed by atoms with E-state index in [1.165, 1.54) is 11.1 Å². The molecule has 5 nitrogen and oxygen atoms in total. The number of furan rings is 2. The normalized spacial score (nSPS) is 11.6. The second-order valence-corrected chi connectivity index (χ2v) is 12.4. The van der Waals surface area contributed by atoms with E-state index < -0.39 is 0 Å². The van der Waals surface area contributed by atoms with Gasteiger partial charge in [0.1, 0.15) is 22.3 Å². The number of fused-ring (bicyclic) bond motifs is 6. The van der Waals surface area contributed by atoms with Crippen molar-refractivity contribution in [3.8, 4) is 56.4 Å². The summed E-state index contributed by atoms with van der Waals surface area (Å²) in [6.07, 6.45) is 0. The summed E-state index contributed by atoms with van der Waals surface area (Å²) in [7, 11) is 0. The van der Waals surface area contributed by atoms with Crippen LogP contribution in [-0.2, 0) is 0 Å². The lowest BCUT2D eigenvalue weighted by molar-refractivity contribution is 0.668. The van der Waals surface area contributed by atoms with Crippen LogP contribution < -0.4 is 0 Å². The third-order valence-electron chi connectivity index (χ3n) is 9.36. The monoisotopic (exact) mass is 641 g/mol. The second kappa shape index (κ2) is 11.4. The Hall–Kier alpha value is -6.85. The molecule has 3 heterocycles. The summed E-state index contributed by atoms with van der Waals surface area (Å²) >= 11 is 0. The highest BCUT2D eigenvalue weighted by Crippen LogP contribution is 2.36. The third-order valence-corrected chi connectivity index (χ3v) is 9.36. The highest BCUT2D eigenvalue weighted by molar-refractivity contribution is 6.07. The van der Waals surface area contributed by atoms with Gasteiger partial charge in [0.15, 0.2) is 17.5 Å². The van der Waals surface area contributed by atoms with E-state index in [0.717, 1.165) is 71.7 Å². The van der Waals surface area contributed by atoms with Crippen molar-refractivity contribution < 1.29 is 8.83 Å². The summed E-state index contributed by atoms with van der Waals surface area (Å²) in [6, 6.07) is 55.9. The molecular weight excluding hydrogens is 615 g/mol. The number of benzene rings is 7. The topological polar surface area (TPSA) is 65.0 Å². The van der Waals surface area contributed by atoms with E-state index in [4.69, 9.17) is 23.8 Å². The van der Waals surface area contributed by atoms with Gasteiger partial charge in [-0.2, -0.15) is 0 Å². The lowest BCUT2D eigenvalue weighted by Crippen LogP contribution is -2.00. The fourth-order valence-corrected chi connectivity index (χ4v) is 6.80. The molecule has 50 heavy (non-hydrogen) atoms. The van der Waals surface area contributed by atoms with Crippen molar-refractivity contribution in [1.29, 1.82) is 0 Å². The third kappa shape index (κ3) is 4.83. The first-order valence-electron chi connectivity index (χ1n) is 16.6. The molecule has 10 rings (SSSR count). The van der Waals surface area contributed by atoms with E-state index in [1.807, 2.05) is 72.8 Å². The number of hydrogen-bond acceptors (Lipinski definition) is 5. The molecule has 0 radical (unpaired) electrons. The predicted molar refractivity (Wildman–Crippen MR) is 202 cm³/mol. The van der Waals surface area contributed by atoms with Gasteiger partial charge in [0.2, 0.25) is 0 Å². The lowest BCUT2D eigenvalue weighted by Gasteiger charge is -2.08. The molecule has 10 aromatic rings. The van der Waals surface area contributed by atoms with Crippen molar-refractivity contribution in [3.05, 3.63) is 164 Å². The van der Waals surface area contributed by atoms with E-state index >= 15 is 0 Å².